The lowest BCUT2D eigenvalue weighted by atomic mass is 10.3. The van der Waals surface area contributed by atoms with Gasteiger partial charge in [-0.25, -0.2) is 14.7 Å². The van der Waals surface area contributed by atoms with Gasteiger partial charge in [0.05, 0.1) is 5.69 Å². The molecule has 1 aromatic carbocycles. The molecule has 2 aromatic rings. The number of aliphatic imine (C=N–C) groups is 1. The van der Waals surface area contributed by atoms with Crippen molar-refractivity contribution in [3.8, 4) is 5.69 Å². The predicted octanol–water partition coefficient (Wildman–Crippen LogP) is 1.13. The van der Waals surface area contributed by atoms with E-state index in [-0.39, 0.29) is 0 Å². The lowest BCUT2D eigenvalue weighted by Crippen LogP contribution is -2.42. The van der Waals surface area contributed by atoms with Crippen LogP contribution in [0.4, 0.5) is 0 Å². The van der Waals surface area contributed by atoms with Gasteiger partial charge in [0, 0.05) is 24.6 Å². The summed E-state index contributed by atoms with van der Waals surface area (Å²) in [4.78, 5) is 10.9. The Morgan fingerprint density at radius 3 is 2.76 bits per heavy atom. The van der Waals surface area contributed by atoms with Gasteiger partial charge in [-0.05, 0) is 12.1 Å². The molecule has 1 aromatic heterocycles. The largest absolute Gasteiger partial charge is 0.370 e. The van der Waals surface area contributed by atoms with Gasteiger partial charge >= 0.3 is 0 Å². The monoisotopic (exact) mass is 302 g/mol. The lowest BCUT2D eigenvalue weighted by molar-refractivity contribution is 0.455. The third-order valence-electron chi connectivity index (χ3n) is 3.34. The van der Waals surface area contributed by atoms with Gasteiger partial charge in [-0.15, -0.1) is 0 Å². The predicted molar refractivity (Wildman–Crippen MR) is 85.6 cm³/mol. The van der Waals surface area contributed by atoms with E-state index < -0.39 is 0 Å². The number of benzene rings is 1. The summed E-state index contributed by atoms with van der Waals surface area (Å²) in [5.74, 6) is 3.60. The number of para-hydroxylation sites is 1. The zero-order chi connectivity index (χ0) is 14.5. The number of thioether (sulfide) groups is 1. The Hall–Kier alpha value is -2.02. The lowest BCUT2D eigenvalue weighted by Gasteiger charge is -2.27. The molecule has 21 heavy (non-hydrogen) atoms. The van der Waals surface area contributed by atoms with Gasteiger partial charge in [0.25, 0.3) is 0 Å². The molecule has 0 amide bonds. The van der Waals surface area contributed by atoms with E-state index in [1.165, 1.54) is 0 Å². The molecular formula is C14H18N6S. The van der Waals surface area contributed by atoms with Crippen LogP contribution in [0.1, 0.15) is 5.82 Å². The summed E-state index contributed by atoms with van der Waals surface area (Å²) < 4.78 is 1.79. The number of guanidine groups is 1. The second-order valence-corrected chi connectivity index (χ2v) is 5.92. The van der Waals surface area contributed by atoms with Crippen LogP contribution in [-0.2, 0) is 6.54 Å². The van der Waals surface area contributed by atoms with Crippen LogP contribution in [0.2, 0.25) is 0 Å². The van der Waals surface area contributed by atoms with Gasteiger partial charge in [0.1, 0.15) is 12.9 Å². The molecule has 0 saturated carbocycles. The number of hydrogen-bond acceptors (Lipinski definition) is 4. The second-order valence-electron chi connectivity index (χ2n) is 4.70. The Balaban J connectivity index is 1.72. The molecule has 1 fully saturated rings. The summed E-state index contributed by atoms with van der Waals surface area (Å²) >= 11 is 1.95. The summed E-state index contributed by atoms with van der Waals surface area (Å²) in [5.41, 5.74) is 7.04. The third-order valence-corrected chi connectivity index (χ3v) is 4.28. The maximum Gasteiger partial charge on any atom is 0.191 e. The van der Waals surface area contributed by atoms with Gasteiger partial charge in [0.2, 0.25) is 0 Å². The standard InChI is InChI=1S/C14H18N6S/c15-14(19-6-8-21-9-7-19)16-10-13-17-11-18-20(13)12-4-2-1-3-5-12/h1-5,11H,6-10H2,(H2,15,16). The minimum atomic E-state index is 0.435. The Kier molecular flexibility index (Phi) is 4.40. The summed E-state index contributed by atoms with van der Waals surface area (Å²) in [6.07, 6.45) is 1.55. The van der Waals surface area contributed by atoms with Crippen molar-refractivity contribution in [1.29, 1.82) is 0 Å². The summed E-state index contributed by atoms with van der Waals surface area (Å²) in [6, 6.07) is 9.92. The molecule has 0 unspecified atom stereocenters. The van der Waals surface area contributed by atoms with Crippen molar-refractivity contribution in [3.05, 3.63) is 42.5 Å². The quantitative estimate of drug-likeness (QED) is 0.680. The number of aromatic nitrogens is 3. The fraction of sp³-hybridized carbons (Fsp3) is 0.357. The van der Waals surface area contributed by atoms with E-state index in [1.54, 1.807) is 11.0 Å². The molecule has 0 aliphatic carbocycles. The summed E-state index contributed by atoms with van der Waals surface area (Å²) in [5, 5.41) is 4.26. The zero-order valence-corrected chi connectivity index (χ0v) is 12.5. The molecule has 0 spiro atoms. The molecule has 0 bridgehead atoms. The normalized spacial score (nSPS) is 16.2. The smallest absolute Gasteiger partial charge is 0.191 e. The van der Waals surface area contributed by atoms with Crippen LogP contribution in [0.25, 0.3) is 5.69 Å². The first kappa shape index (κ1) is 13.9. The van der Waals surface area contributed by atoms with E-state index in [0.29, 0.717) is 12.5 Å². The highest BCUT2D eigenvalue weighted by molar-refractivity contribution is 7.99. The van der Waals surface area contributed by atoms with E-state index in [2.05, 4.69) is 20.0 Å². The van der Waals surface area contributed by atoms with Crippen molar-refractivity contribution >= 4 is 17.7 Å². The molecule has 1 aliphatic heterocycles. The van der Waals surface area contributed by atoms with E-state index in [0.717, 1.165) is 36.1 Å². The fourth-order valence-electron chi connectivity index (χ4n) is 2.20. The molecule has 7 heteroatoms. The molecule has 6 nitrogen and oxygen atoms in total. The Bertz CT molecular complexity index is 603. The van der Waals surface area contributed by atoms with Crippen molar-refractivity contribution in [2.24, 2.45) is 10.7 Å². The second kappa shape index (κ2) is 6.62. The van der Waals surface area contributed by atoms with E-state index >= 15 is 0 Å². The molecule has 1 saturated heterocycles. The number of hydrogen-bond donors (Lipinski definition) is 1. The maximum atomic E-state index is 6.06. The zero-order valence-electron chi connectivity index (χ0n) is 11.7. The number of nitrogens with zero attached hydrogens (tertiary/aromatic N) is 5. The maximum absolute atomic E-state index is 6.06. The molecule has 3 rings (SSSR count). The first-order valence-electron chi connectivity index (χ1n) is 6.91. The topological polar surface area (TPSA) is 72.3 Å². The van der Waals surface area contributed by atoms with E-state index in [1.807, 2.05) is 42.1 Å². The SMILES string of the molecule is NC(=NCc1ncnn1-c1ccccc1)N1CCSCC1. The minimum absolute atomic E-state index is 0.435. The van der Waals surface area contributed by atoms with Crippen LogP contribution >= 0.6 is 11.8 Å². The summed E-state index contributed by atoms with van der Waals surface area (Å²) in [7, 11) is 0. The molecule has 0 radical (unpaired) electrons. The van der Waals surface area contributed by atoms with Crippen LogP contribution in [0, 0.1) is 0 Å². The van der Waals surface area contributed by atoms with Crippen LogP contribution in [0.3, 0.4) is 0 Å². The molecule has 2 N–H and O–H groups in total. The van der Waals surface area contributed by atoms with Crippen molar-refractivity contribution in [2.75, 3.05) is 24.6 Å². The highest BCUT2D eigenvalue weighted by Gasteiger charge is 2.12. The number of nitrogens with two attached hydrogens (primary N) is 1. The Labute approximate surface area is 128 Å². The molecule has 0 atom stereocenters. The first-order valence-corrected chi connectivity index (χ1v) is 8.07. The first-order chi connectivity index (χ1) is 10.3. The average Bonchev–Trinajstić information content (AvgIpc) is 3.03. The van der Waals surface area contributed by atoms with Gasteiger partial charge < -0.3 is 10.6 Å². The van der Waals surface area contributed by atoms with Gasteiger partial charge in [0.15, 0.2) is 11.8 Å². The molecule has 1 aliphatic rings. The van der Waals surface area contributed by atoms with Gasteiger partial charge in [-0.1, -0.05) is 18.2 Å². The van der Waals surface area contributed by atoms with Gasteiger partial charge in [-0.3, -0.25) is 0 Å². The van der Waals surface area contributed by atoms with Crippen molar-refractivity contribution in [3.63, 3.8) is 0 Å². The highest BCUT2D eigenvalue weighted by Crippen LogP contribution is 2.10. The van der Waals surface area contributed by atoms with Crippen molar-refractivity contribution in [1.82, 2.24) is 19.7 Å². The van der Waals surface area contributed by atoms with Crippen LogP contribution in [-0.4, -0.2) is 50.2 Å². The van der Waals surface area contributed by atoms with Crippen LogP contribution < -0.4 is 5.73 Å². The Morgan fingerprint density at radius 2 is 2.00 bits per heavy atom. The minimum Gasteiger partial charge on any atom is -0.370 e. The van der Waals surface area contributed by atoms with Crippen molar-refractivity contribution in [2.45, 2.75) is 6.54 Å². The molecular weight excluding hydrogens is 284 g/mol. The highest BCUT2D eigenvalue weighted by atomic mass is 32.2. The van der Waals surface area contributed by atoms with Gasteiger partial charge in [-0.2, -0.15) is 16.9 Å². The number of rotatable bonds is 3. The summed E-state index contributed by atoms with van der Waals surface area (Å²) in [6.45, 7) is 2.36. The molecule has 2 heterocycles. The molecule has 110 valence electrons. The Morgan fingerprint density at radius 1 is 1.24 bits per heavy atom. The third kappa shape index (κ3) is 3.36. The van der Waals surface area contributed by atoms with E-state index in [4.69, 9.17) is 5.73 Å². The van der Waals surface area contributed by atoms with Crippen LogP contribution in [0.15, 0.2) is 41.7 Å². The van der Waals surface area contributed by atoms with Crippen LogP contribution in [0.5, 0.6) is 0 Å². The average molecular weight is 302 g/mol. The van der Waals surface area contributed by atoms with Crippen molar-refractivity contribution < 1.29 is 0 Å². The van der Waals surface area contributed by atoms with E-state index in [9.17, 15) is 0 Å². The fourth-order valence-corrected chi connectivity index (χ4v) is 3.11.